The lowest BCUT2D eigenvalue weighted by Crippen LogP contribution is -2.36. The number of carboxylic acid groups (broad SMARTS) is 1. The van der Waals surface area contributed by atoms with Gasteiger partial charge in [0.25, 0.3) is 0 Å². The van der Waals surface area contributed by atoms with E-state index < -0.39 is 5.97 Å². The van der Waals surface area contributed by atoms with Crippen LogP contribution in [0.15, 0.2) is 48.7 Å². The van der Waals surface area contributed by atoms with Gasteiger partial charge in [-0.3, -0.25) is 9.59 Å². The second kappa shape index (κ2) is 7.49. The zero-order valence-corrected chi connectivity index (χ0v) is 16.5. The number of benzene rings is 1. The van der Waals surface area contributed by atoms with E-state index in [9.17, 15) is 14.7 Å². The first-order chi connectivity index (χ1) is 13.5. The number of nitrogens with zero attached hydrogens (tertiary/aromatic N) is 2. The van der Waals surface area contributed by atoms with Gasteiger partial charge in [0, 0.05) is 19.3 Å². The van der Waals surface area contributed by atoms with Crippen LogP contribution in [0.1, 0.15) is 28.9 Å². The van der Waals surface area contributed by atoms with Gasteiger partial charge in [0.2, 0.25) is 5.78 Å². The smallest absolute Gasteiger partial charge is 0.306 e. The van der Waals surface area contributed by atoms with Crippen LogP contribution in [0.4, 0.5) is 5.69 Å². The number of hydrogen-bond donors (Lipinski definition) is 1. The van der Waals surface area contributed by atoms with Crippen LogP contribution in [-0.2, 0) is 4.79 Å². The summed E-state index contributed by atoms with van der Waals surface area (Å²) in [5.74, 6) is -1.30. The van der Waals surface area contributed by atoms with Gasteiger partial charge in [-0.05, 0) is 43.2 Å². The molecule has 0 unspecified atom stereocenters. The van der Waals surface area contributed by atoms with E-state index in [1.165, 1.54) is 0 Å². The first-order valence-corrected chi connectivity index (χ1v) is 9.79. The Hall–Kier alpha value is -2.50. The maximum absolute atomic E-state index is 13.3. The van der Waals surface area contributed by atoms with Crippen molar-refractivity contribution in [1.82, 2.24) is 4.40 Å². The van der Waals surface area contributed by atoms with Crippen molar-refractivity contribution >= 4 is 46.2 Å². The summed E-state index contributed by atoms with van der Waals surface area (Å²) in [4.78, 5) is 26.6. The van der Waals surface area contributed by atoms with Crippen molar-refractivity contribution in [2.45, 2.75) is 12.8 Å². The fourth-order valence-electron chi connectivity index (χ4n) is 3.77. The Kier molecular flexibility index (Phi) is 5.04. The molecule has 3 aromatic rings. The van der Waals surface area contributed by atoms with Gasteiger partial charge in [-0.2, -0.15) is 0 Å². The minimum atomic E-state index is -0.745. The molecule has 5 nitrogen and oxygen atoms in total. The summed E-state index contributed by atoms with van der Waals surface area (Å²) in [6.45, 7) is 1.26. The molecule has 1 fully saturated rings. The SMILES string of the molecule is O=C(c1c(Cl)cccc1Cl)c1cc(N2CCC(C(=O)O)CC2)c2ccccn12. The second-order valence-corrected chi connectivity index (χ2v) is 7.71. The quantitative estimate of drug-likeness (QED) is 0.621. The molecule has 0 radical (unpaired) electrons. The van der Waals surface area contributed by atoms with Crippen LogP contribution < -0.4 is 4.90 Å². The number of aromatic nitrogens is 1. The summed E-state index contributed by atoms with van der Waals surface area (Å²) < 4.78 is 1.83. The van der Waals surface area contributed by atoms with Crippen LogP contribution in [0.3, 0.4) is 0 Å². The van der Waals surface area contributed by atoms with Gasteiger partial charge >= 0.3 is 5.97 Å². The molecule has 7 heteroatoms. The average molecular weight is 417 g/mol. The maximum atomic E-state index is 13.3. The molecule has 0 bridgehead atoms. The fourth-order valence-corrected chi connectivity index (χ4v) is 4.34. The van der Waals surface area contributed by atoms with Crippen molar-refractivity contribution in [2.24, 2.45) is 5.92 Å². The van der Waals surface area contributed by atoms with E-state index in [4.69, 9.17) is 23.2 Å². The molecule has 3 heterocycles. The topological polar surface area (TPSA) is 62.0 Å². The Morgan fingerprint density at radius 1 is 1.00 bits per heavy atom. The number of ketones is 1. The molecule has 1 aliphatic heterocycles. The number of hydrogen-bond acceptors (Lipinski definition) is 3. The Morgan fingerprint density at radius 2 is 1.68 bits per heavy atom. The normalized spacial score (nSPS) is 15.1. The van der Waals surface area contributed by atoms with Crippen molar-refractivity contribution < 1.29 is 14.7 Å². The number of halogens is 2. The first kappa shape index (κ1) is 18.8. The van der Waals surface area contributed by atoms with Crippen LogP contribution in [0, 0.1) is 5.92 Å². The second-order valence-electron chi connectivity index (χ2n) is 6.90. The molecule has 0 amide bonds. The molecule has 1 saturated heterocycles. The van der Waals surface area contributed by atoms with Crippen molar-refractivity contribution in [1.29, 1.82) is 0 Å². The monoisotopic (exact) mass is 416 g/mol. The predicted molar refractivity (Wildman–Crippen MR) is 110 cm³/mol. The molecule has 1 N–H and O–H groups in total. The molecule has 0 spiro atoms. The Morgan fingerprint density at radius 3 is 2.32 bits per heavy atom. The van der Waals surface area contributed by atoms with Gasteiger partial charge in [0.05, 0.1) is 38.4 Å². The standard InChI is InChI=1S/C21H18Cl2N2O3/c22-14-4-3-5-15(23)19(14)20(26)18-12-17(16-6-1-2-9-25(16)18)24-10-7-13(8-11-24)21(27)28/h1-6,9,12-13H,7-8,10-11H2,(H,27,28). The van der Waals surface area contributed by atoms with E-state index in [2.05, 4.69) is 4.90 Å². The molecule has 1 aliphatic rings. The van der Waals surface area contributed by atoms with Crippen molar-refractivity contribution in [3.63, 3.8) is 0 Å². The number of carbonyl (C=O) groups excluding carboxylic acids is 1. The Balaban J connectivity index is 1.76. The highest BCUT2D eigenvalue weighted by Crippen LogP contribution is 2.33. The van der Waals surface area contributed by atoms with Crippen molar-refractivity contribution in [3.05, 3.63) is 70.0 Å². The molecule has 0 atom stereocenters. The summed E-state index contributed by atoms with van der Waals surface area (Å²) in [7, 11) is 0. The number of rotatable bonds is 4. The van der Waals surface area contributed by atoms with Gasteiger partial charge in [-0.25, -0.2) is 0 Å². The predicted octanol–water partition coefficient (Wildman–Crippen LogP) is 4.78. The molecule has 28 heavy (non-hydrogen) atoms. The van der Waals surface area contributed by atoms with E-state index in [0.29, 0.717) is 41.7 Å². The largest absolute Gasteiger partial charge is 0.481 e. The fraction of sp³-hybridized carbons (Fsp3) is 0.238. The minimum absolute atomic E-state index is 0.247. The summed E-state index contributed by atoms with van der Waals surface area (Å²) >= 11 is 12.5. The third-order valence-corrected chi connectivity index (χ3v) is 5.89. The zero-order valence-electron chi connectivity index (χ0n) is 14.9. The molecule has 1 aromatic carbocycles. The number of pyridine rings is 1. The highest BCUT2D eigenvalue weighted by Gasteiger charge is 2.28. The summed E-state index contributed by atoms with van der Waals surface area (Å²) in [5, 5.41) is 9.85. The number of carbonyl (C=O) groups is 2. The van der Waals surface area contributed by atoms with Crippen LogP contribution >= 0.6 is 23.2 Å². The molecule has 0 aliphatic carbocycles. The van der Waals surface area contributed by atoms with Crippen LogP contribution in [0.25, 0.3) is 5.52 Å². The van der Waals surface area contributed by atoms with Gasteiger partial charge in [-0.1, -0.05) is 35.3 Å². The third kappa shape index (κ3) is 3.25. The molecular formula is C21H18Cl2N2O3. The summed E-state index contributed by atoms with van der Waals surface area (Å²) in [5.41, 5.74) is 2.56. The van der Waals surface area contributed by atoms with E-state index >= 15 is 0 Å². The highest BCUT2D eigenvalue weighted by molar-refractivity contribution is 6.41. The number of carboxylic acids is 1. The first-order valence-electron chi connectivity index (χ1n) is 9.04. The van der Waals surface area contributed by atoms with Crippen LogP contribution in [-0.4, -0.2) is 34.3 Å². The van der Waals surface area contributed by atoms with Crippen LogP contribution in [0.2, 0.25) is 10.0 Å². The van der Waals surface area contributed by atoms with E-state index in [1.54, 1.807) is 18.2 Å². The number of aliphatic carboxylic acids is 1. The summed E-state index contributed by atoms with van der Waals surface area (Å²) in [6.07, 6.45) is 3.00. The number of fused-ring (bicyclic) bond motifs is 1. The van der Waals surface area contributed by atoms with Gasteiger partial charge < -0.3 is 14.4 Å². The average Bonchev–Trinajstić information content (AvgIpc) is 3.07. The number of piperidine rings is 1. The van der Waals surface area contributed by atoms with Gasteiger partial charge in [0.15, 0.2) is 0 Å². The maximum Gasteiger partial charge on any atom is 0.306 e. The number of anilines is 1. The van der Waals surface area contributed by atoms with E-state index in [1.807, 2.05) is 34.9 Å². The lowest BCUT2D eigenvalue weighted by molar-refractivity contribution is -0.142. The molecule has 4 rings (SSSR count). The molecule has 0 saturated carbocycles. The highest BCUT2D eigenvalue weighted by atomic mass is 35.5. The van der Waals surface area contributed by atoms with Gasteiger partial charge in [-0.15, -0.1) is 0 Å². The third-order valence-electron chi connectivity index (χ3n) is 5.26. The van der Waals surface area contributed by atoms with E-state index in [0.717, 1.165) is 11.2 Å². The Labute approximate surface area is 172 Å². The molecule has 2 aromatic heterocycles. The zero-order chi connectivity index (χ0) is 19.8. The Bertz CT molecular complexity index is 1050. The van der Waals surface area contributed by atoms with Crippen LogP contribution in [0.5, 0.6) is 0 Å². The molecular weight excluding hydrogens is 399 g/mol. The lowest BCUT2D eigenvalue weighted by atomic mass is 9.97. The van der Waals surface area contributed by atoms with Crippen molar-refractivity contribution in [3.8, 4) is 0 Å². The lowest BCUT2D eigenvalue weighted by Gasteiger charge is -2.31. The van der Waals surface area contributed by atoms with Crippen molar-refractivity contribution in [2.75, 3.05) is 18.0 Å². The minimum Gasteiger partial charge on any atom is -0.481 e. The van der Waals surface area contributed by atoms with E-state index in [-0.39, 0.29) is 17.3 Å². The summed E-state index contributed by atoms with van der Waals surface area (Å²) in [6, 6.07) is 12.6. The van der Waals surface area contributed by atoms with Gasteiger partial charge in [0.1, 0.15) is 0 Å². The molecule has 144 valence electrons.